The molecule has 0 aliphatic carbocycles. The van der Waals surface area contributed by atoms with E-state index in [0.29, 0.717) is 13.1 Å². The quantitative estimate of drug-likeness (QED) is 0.833. The molecule has 26 heavy (non-hydrogen) atoms. The van der Waals surface area contributed by atoms with Crippen LogP contribution < -0.4 is 4.74 Å². The van der Waals surface area contributed by atoms with Crippen LogP contribution in [0.4, 0.5) is 4.79 Å². The summed E-state index contributed by atoms with van der Waals surface area (Å²) in [6.45, 7) is 11.4. The molecule has 0 bridgehead atoms. The SMILES string of the molecule is COc1cc2c(CN3CCN(C(=O)OC(C)(C)C)CC3)coc2cc1C. The fourth-order valence-corrected chi connectivity index (χ4v) is 3.21. The van der Waals surface area contributed by atoms with E-state index >= 15 is 0 Å². The first kappa shape index (κ1) is 18.6. The molecule has 1 aromatic heterocycles. The average molecular weight is 360 g/mol. The molecule has 1 aromatic carbocycles. The lowest BCUT2D eigenvalue weighted by Gasteiger charge is -2.35. The van der Waals surface area contributed by atoms with Gasteiger partial charge >= 0.3 is 6.09 Å². The Balaban J connectivity index is 1.63. The van der Waals surface area contributed by atoms with E-state index in [9.17, 15) is 4.79 Å². The molecule has 0 spiro atoms. The van der Waals surface area contributed by atoms with Gasteiger partial charge in [0.1, 0.15) is 16.9 Å². The molecule has 0 atom stereocenters. The highest BCUT2D eigenvalue weighted by molar-refractivity contribution is 5.83. The summed E-state index contributed by atoms with van der Waals surface area (Å²) in [6.07, 6.45) is 1.59. The number of carbonyl (C=O) groups is 1. The van der Waals surface area contributed by atoms with Gasteiger partial charge in [-0.1, -0.05) is 0 Å². The van der Waals surface area contributed by atoms with Crippen LogP contribution in [0.25, 0.3) is 11.0 Å². The van der Waals surface area contributed by atoms with Gasteiger partial charge in [0, 0.05) is 43.7 Å². The van der Waals surface area contributed by atoms with E-state index in [1.165, 1.54) is 0 Å². The number of amides is 1. The second kappa shape index (κ2) is 7.19. The summed E-state index contributed by atoms with van der Waals surface area (Å²) in [5, 5.41) is 1.09. The fraction of sp³-hybridized carbons (Fsp3) is 0.550. The van der Waals surface area contributed by atoms with Gasteiger partial charge in [-0.15, -0.1) is 0 Å². The lowest BCUT2D eigenvalue weighted by molar-refractivity contribution is 0.0139. The highest BCUT2D eigenvalue weighted by Crippen LogP contribution is 2.30. The highest BCUT2D eigenvalue weighted by Gasteiger charge is 2.26. The van der Waals surface area contributed by atoms with E-state index in [1.807, 2.05) is 46.1 Å². The normalized spacial score (nSPS) is 16.1. The molecule has 3 rings (SSSR count). The van der Waals surface area contributed by atoms with Gasteiger partial charge in [0.2, 0.25) is 0 Å². The topological polar surface area (TPSA) is 55.2 Å². The standard InChI is InChI=1S/C20H28N2O4/c1-14-10-18-16(11-17(14)24-5)15(13-25-18)12-21-6-8-22(9-7-21)19(23)26-20(2,3)4/h10-11,13H,6-9,12H2,1-5H3. The predicted octanol–water partition coefficient (Wildman–Crippen LogP) is 3.80. The van der Waals surface area contributed by atoms with Crippen molar-refractivity contribution in [2.45, 2.75) is 39.8 Å². The molecule has 1 aliphatic heterocycles. The summed E-state index contributed by atoms with van der Waals surface area (Å²) in [5.74, 6) is 0.870. The average Bonchev–Trinajstić information content (AvgIpc) is 2.94. The summed E-state index contributed by atoms with van der Waals surface area (Å²) in [6, 6.07) is 4.05. The number of hydrogen-bond donors (Lipinski definition) is 0. The van der Waals surface area contributed by atoms with Gasteiger partial charge < -0.3 is 18.8 Å². The second-order valence-corrected chi connectivity index (χ2v) is 7.82. The molecule has 1 fully saturated rings. The number of carbonyl (C=O) groups excluding carboxylic acids is 1. The van der Waals surface area contributed by atoms with E-state index in [2.05, 4.69) is 4.90 Å². The Kier molecular flexibility index (Phi) is 5.14. The van der Waals surface area contributed by atoms with E-state index in [-0.39, 0.29) is 6.09 Å². The lowest BCUT2D eigenvalue weighted by Crippen LogP contribution is -2.49. The number of furan rings is 1. The molecule has 6 nitrogen and oxygen atoms in total. The van der Waals surface area contributed by atoms with Crippen molar-refractivity contribution in [3.05, 3.63) is 29.5 Å². The molecule has 1 aliphatic rings. The Hall–Kier alpha value is -2.21. The van der Waals surface area contributed by atoms with Crippen molar-refractivity contribution in [3.63, 3.8) is 0 Å². The third kappa shape index (κ3) is 4.12. The van der Waals surface area contributed by atoms with Crippen LogP contribution in [0.5, 0.6) is 5.75 Å². The minimum Gasteiger partial charge on any atom is -0.496 e. The molecule has 1 amide bonds. The van der Waals surface area contributed by atoms with Crippen molar-refractivity contribution < 1.29 is 18.7 Å². The summed E-state index contributed by atoms with van der Waals surface area (Å²) in [5.41, 5.74) is 2.63. The number of benzene rings is 1. The minimum atomic E-state index is -0.457. The van der Waals surface area contributed by atoms with Crippen LogP contribution in [-0.2, 0) is 11.3 Å². The summed E-state index contributed by atoms with van der Waals surface area (Å²) >= 11 is 0. The Morgan fingerprint density at radius 2 is 1.88 bits per heavy atom. The number of aryl methyl sites for hydroxylation is 1. The number of fused-ring (bicyclic) bond motifs is 1. The number of nitrogens with zero attached hydrogens (tertiary/aromatic N) is 2. The van der Waals surface area contributed by atoms with Gasteiger partial charge in [-0.2, -0.15) is 0 Å². The summed E-state index contributed by atoms with van der Waals surface area (Å²) in [7, 11) is 1.68. The van der Waals surface area contributed by atoms with E-state index in [0.717, 1.165) is 47.5 Å². The van der Waals surface area contributed by atoms with Gasteiger partial charge in [0.15, 0.2) is 0 Å². The van der Waals surface area contributed by atoms with E-state index < -0.39 is 5.60 Å². The monoisotopic (exact) mass is 360 g/mol. The van der Waals surface area contributed by atoms with Crippen LogP contribution in [0.15, 0.2) is 22.8 Å². The molecule has 2 aromatic rings. The van der Waals surface area contributed by atoms with Crippen LogP contribution >= 0.6 is 0 Å². The molecule has 2 heterocycles. The number of ether oxygens (including phenoxy) is 2. The maximum Gasteiger partial charge on any atom is 0.410 e. The van der Waals surface area contributed by atoms with E-state index in [1.54, 1.807) is 12.0 Å². The maximum atomic E-state index is 12.2. The Morgan fingerprint density at radius 1 is 1.19 bits per heavy atom. The number of piperazine rings is 1. The largest absolute Gasteiger partial charge is 0.496 e. The van der Waals surface area contributed by atoms with Crippen molar-refractivity contribution >= 4 is 17.1 Å². The van der Waals surface area contributed by atoms with Crippen LogP contribution in [0.1, 0.15) is 31.9 Å². The van der Waals surface area contributed by atoms with Crippen LogP contribution in [0.3, 0.4) is 0 Å². The van der Waals surface area contributed by atoms with Crippen LogP contribution in [0.2, 0.25) is 0 Å². The molecule has 0 saturated carbocycles. The molecule has 142 valence electrons. The first-order valence-electron chi connectivity index (χ1n) is 9.02. The van der Waals surface area contributed by atoms with Gasteiger partial charge in [-0.05, 0) is 45.4 Å². The van der Waals surface area contributed by atoms with Crippen molar-refractivity contribution in [2.24, 2.45) is 0 Å². The predicted molar refractivity (Wildman–Crippen MR) is 101 cm³/mol. The summed E-state index contributed by atoms with van der Waals surface area (Å²) < 4.78 is 16.6. The second-order valence-electron chi connectivity index (χ2n) is 7.82. The molecule has 0 unspecified atom stereocenters. The first-order chi connectivity index (χ1) is 12.3. The highest BCUT2D eigenvalue weighted by atomic mass is 16.6. The lowest BCUT2D eigenvalue weighted by atomic mass is 10.1. The zero-order valence-electron chi connectivity index (χ0n) is 16.3. The third-order valence-electron chi connectivity index (χ3n) is 4.59. The van der Waals surface area contributed by atoms with Crippen molar-refractivity contribution in [2.75, 3.05) is 33.3 Å². The number of methoxy groups -OCH3 is 1. The maximum absolute atomic E-state index is 12.2. The zero-order valence-corrected chi connectivity index (χ0v) is 16.3. The molecule has 0 radical (unpaired) electrons. The molecule has 0 N–H and O–H groups in total. The Morgan fingerprint density at radius 3 is 2.50 bits per heavy atom. The molecular weight excluding hydrogens is 332 g/mol. The minimum absolute atomic E-state index is 0.230. The van der Waals surface area contributed by atoms with Crippen LogP contribution in [0, 0.1) is 6.92 Å². The third-order valence-corrected chi connectivity index (χ3v) is 4.59. The van der Waals surface area contributed by atoms with Crippen molar-refractivity contribution in [1.82, 2.24) is 9.80 Å². The Labute approximate surface area is 154 Å². The van der Waals surface area contributed by atoms with Gasteiger partial charge in [-0.25, -0.2) is 4.79 Å². The smallest absolute Gasteiger partial charge is 0.410 e. The van der Waals surface area contributed by atoms with Crippen molar-refractivity contribution in [3.8, 4) is 5.75 Å². The van der Waals surface area contributed by atoms with Gasteiger partial charge in [-0.3, -0.25) is 4.90 Å². The van der Waals surface area contributed by atoms with Crippen molar-refractivity contribution in [1.29, 1.82) is 0 Å². The molecule has 6 heteroatoms. The fourth-order valence-electron chi connectivity index (χ4n) is 3.21. The number of rotatable bonds is 3. The van der Waals surface area contributed by atoms with Gasteiger partial charge in [0.25, 0.3) is 0 Å². The number of hydrogen-bond acceptors (Lipinski definition) is 5. The van der Waals surface area contributed by atoms with E-state index in [4.69, 9.17) is 13.9 Å². The van der Waals surface area contributed by atoms with Gasteiger partial charge in [0.05, 0.1) is 13.4 Å². The Bertz CT molecular complexity index is 783. The van der Waals surface area contributed by atoms with Crippen LogP contribution in [-0.4, -0.2) is 54.8 Å². The zero-order chi connectivity index (χ0) is 18.9. The molecule has 1 saturated heterocycles. The first-order valence-corrected chi connectivity index (χ1v) is 9.02. The summed E-state index contributed by atoms with van der Waals surface area (Å²) in [4.78, 5) is 16.3. The molecular formula is C20H28N2O4.